The van der Waals surface area contributed by atoms with Gasteiger partial charge in [-0.15, -0.1) is 0 Å². The summed E-state index contributed by atoms with van der Waals surface area (Å²) in [4.78, 5) is 2.15. The molecule has 4 aromatic rings. The molecule has 0 radical (unpaired) electrons. The van der Waals surface area contributed by atoms with Gasteiger partial charge in [-0.3, -0.25) is 0 Å². The van der Waals surface area contributed by atoms with E-state index in [2.05, 4.69) is 61.2 Å². The number of nitrogens with zero attached hydrogens (tertiary/aromatic N) is 1. The molecule has 190 valence electrons. The Morgan fingerprint density at radius 1 is 0.892 bits per heavy atom. The maximum Gasteiger partial charge on any atom is -0.194 e. The zero-order valence-electron chi connectivity index (χ0n) is 21.0. The number of benzene rings is 4. The second kappa shape index (κ2) is 12.9. The van der Waals surface area contributed by atoms with Crippen molar-refractivity contribution in [3.63, 3.8) is 0 Å². The monoisotopic (exact) mass is 529 g/mol. The third-order valence-corrected chi connectivity index (χ3v) is 5.97. The van der Waals surface area contributed by atoms with Crippen LogP contribution >= 0.6 is 0 Å². The van der Waals surface area contributed by atoms with Gasteiger partial charge in [0.15, 0.2) is 0 Å². The van der Waals surface area contributed by atoms with Crippen LogP contribution in [-0.4, -0.2) is 11.2 Å². The van der Waals surface area contributed by atoms with E-state index in [-0.39, 0.29) is 0 Å². The van der Waals surface area contributed by atoms with Gasteiger partial charge in [0.25, 0.3) is 0 Å². The molecule has 0 atom stereocenters. The zero-order valence-corrected chi connectivity index (χ0v) is 22.0. The number of ether oxygens (including phenoxy) is 2. The summed E-state index contributed by atoms with van der Waals surface area (Å²) in [5.41, 5.74) is 5.63. The first-order valence-corrected chi connectivity index (χ1v) is 12.7. The molecule has 0 aromatic heterocycles. The number of hydrogen-bond donors (Lipinski definition) is 0. The minimum Gasteiger partial charge on any atom is -0.346 e. The molecule has 0 aliphatic carbocycles. The minimum atomic E-state index is 0.399. The van der Waals surface area contributed by atoms with Crippen molar-refractivity contribution in [3.05, 3.63) is 134 Å². The second-order valence-electron chi connectivity index (χ2n) is 7.94. The summed E-state index contributed by atoms with van der Waals surface area (Å²) < 4.78 is 12.3. The summed E-state index contributed by atoms with van der Waals surface area (Å²) in [5.74, 6) is 2.20. The molecule has 0 saturated heterocycles. The molecule has 1 aliphatic rings. The molecule has 0 fully saturated rings. The Kier molecular flexibility index (Phi) is 9.13. The topological polar surface area (TPSA) is 21.7 Å². The van der Waals surface area contributed by atoms with E-state index in [0.717, 1.165) is 40.6 Å². The predicted octanol–water partition coefficient (Wildman–Crippen LogP) is 8.03. The van der Waals surface area contributed by atoms with E-state index in [4.69, 9.17) is 24.5 Å². The van der Waals surface area contributed by atoms with Crippen molar-refractivity contribution in [1.29, 1.82) is 0 Å². The van der Waals surface area contributed by atoms with Crippen molar-refractivity contribution in [1.82, 2.24) is 0 Å². The first-order valence-electron chi connectivity index (χ1n) is 12.2. The van der Waals surface area contributed by atoms with Crippen LogP contribution in [0.2, 0.25) is 0 Å². The molecular formula is C33H29NNiO2-2. The summed E-state index contributed by atoms with van der Waals surface area (Å²) in [6.07, 6.45) is 5.54. The Labute approximate surface area is 227 Å². The van der Waals surface area contributed by atoms with Crippen LogP contribution in [0.15, 0.2) is 121 Å². The maximum absolute atomic E-state index is 6.11. The van der Waals surface area contributed by atoms with Gasteiger partial charge < -0.3 is 6.92 Å². The quantitative estimate of drug-likeness (QED) is 0.178. The molecule has 0 bridgehead atoms. The van der Waals surface area contributed by atoms with Crippen molar-refractivity contribution in [2.24, 2.45) is 0 Å². The van der Waals surface area contributed by atoms with Gasteiger partial charge >= 0.3 is 208 Å². The van der Waals surface area contributed by atoms with Crippen LogP contribution in [0.3, 0.4) is 0 Å². The third-order valence-electron chi connectivity index (χ3n) is 5.70. The Bertz CT molecular complexity index is 1380. The summed E-state index contributed by atoms with van der Waals surface area (Å²) in [6.45, 7) is 7.90. The van der Waals surface area contributed by atoms with Crippen LogP contribution in [0, 0.1) is 13.0 Å². The van der Waals surface area contributed by atoms with E-state index >= 15 is 0 Å². The van der Waals surface area contributed by atoms with Crippen molar-refractivity contribution in [2.45, 2.75) is 13.8 Å². The summed E-state index contributed by atoms with van der Waals surface area (Å²) >= 11 is 5.04. The van der Waals surface area contributed by atoms with Crippen molar-refractivity contribution < 1.29 is 24.5 Å². The van der Waals surface area contributed by atoms with Gasteiger partial charge in [-0.05, 0) is 0 Å². The Morgan fingerprint density at radius 2 is 1.54 bits per heavy atom. The number of fused-ring (bicyclic) bond motifs is 1. The SMILES string of the molecule is CCN1/C(=C/C=C/[C](=[Ni])Oc2[c-]cc(-c3ccccc3)cc2)Oc2ccc(-c3ccccc3)cc21.[CH2-]C. The molecule has 5 rings (SSSR count). The van der Waals surface area contributed by atoms with Gasteiger partial charge in [-0.1, -0.05) is 6.07 Å². The molecule has 0 N–H and O–H groups in total. The van der Waals surface area contributed by atoms with E-state index in [1.807, 2.05) is 72.8 Å². The number of rotatable bonds is 7. The predicted molar refractivity (Wildman–Crippen MR) is 150 cm³/mol. The Balaban J connectivity index is 0.00000156. The smallest absolute Gasteiger partial charge is 0.194 e. The van der Waals surface area contributed by atoms with Crippen LogP contribution in [0.5, 0.6) is 11.5 Å². The van der Waals surface area contributed by atoms with Crippen molar-refractivity contribution in [2.75, 3.05) is 11.4 Å². The van der Waals surface area contributed by atoms with Crippen LogP contribution in [0.4, 0.5) is 5.69 Å². The fourth-order valence-corrected chi connectivity index (χ4v) is 4.18. The van der Waals surface area contributed by atoms with E-state index in [9.17, 15) is 0 Å². The third kappa shape index (κ3) is 6.47. The van der Waals surface area contributed by atoms with Crippen LogP contribution in [0.1, 0.15) is 13.8 Å². The van der Waals surface area contributed by atoms with Crippen LogP contribution < -0.4 is 14.4 Å². The first-order chi connectivity index (χ1) is 18.2. The van der Waals surface area contributed by atoms with Gasteiger partial charge in [-0.25, -0.2) is 0 Å². The molecule has 3 nitrogen and oxygen atoms in total. The molecule has 4 aromatic carbocycles. The fraction of sp³-hybridized carbons (Fsp3) is 0.0909. The normalized spacial score (nSPS) is 13.1. The Hall–Kier alpha value is -3.88. The summed E-state index contributed by atoms with van der Waals surface area (Å²) in [7, 11) is 0. The van der Waals surface area contributed by atoms with Crippen LogP contribution in [0.25, 0.3) is 22.3 Å². The molecular weight excluding hydrogens is 501 g/mol. The van der Waals surface area contributed by atoms with Gasteiger partial charge in [0.2, 0.25) is 0 Å². The molecule has 0 unspecified atom stereocenters. The largest absolute Gasteiger partial charge is 0.346 e. The van der Waals surface area contributed by atoms with E-state index < -0.39 is 0 Å². The standard InChI is InChI=1S/C31H24NO2.C2H5.Ni/c1-2-32-29-23-27(25-13-7-4-8-14-25)18-21-30(29)34-31(32)15-9-10-22-33-28-19-16-26(17-20-28)24-11-5-3-6-12-24;1-2;/h3-19,21,23H,2H2,1H3;1H2,2H3;/q2*-1;/b10-9+,31-15-;;. The molecule has 1 aliphatic heterocycles. The number of hydrogen-bond acceptors (Lipinski definition) is 3. The first kappa shape index (κ1) is 26.2. The Morgan fingerprint density at radius 3 is 2.16 bits per heavy atom. The van der Waals surface area contributed by atoms with E-state index in [1.54, 1.807) is 13.0 Å². The van der Waals surface area contributed by atoms with Crippen molar-refractivity contribution in [3.8, 4) is 33.8 Å². The van der Waals surface area contributed by atoms with Crippen molar-refractivity contribution >= 4 is 10.4 Å². The van der Waals surface area contributed by atoms with E-state index in [0.29, 0.717) is 10.4 Å². The average molecular weight is 530 g/mol. The van der Waals surface area contributed by atoms with Gasteiger partial charge in [0.1, 0.15) is 0 Å². The molecule has 4 heteroatoms. The fourth-order valence-electron chi connectivity index (χ4n) is 3.98. The molecule has 37 heavy (non-hydrogen) atoms. The summed E-state index contributed by atoms with van der Waals surface area (Å²) in [6, 6.07) is 35.8. The van der Waals surface area contributed by atoms with Gasteiger partial charge in [-0.2, -0.15) is 6.92 Å². The zero-order chi connectivity index (χ0) is 26.0. The molecule has 0 spiro atoms. The average Bonchev–Trinajstić information content (AvgIpc) is 3.32. The second-order valence-corrected chi connectivity index (χ2v) is 8.43. The van der Waals surface area contributed by atoms with Crippen LogP contribution in [-0.2, 0) is 15.0 Å². The molecule has 0 amide bonds. The van der Waals surface area contributed by atoms with Gasteiger partial charge in [0, 0.05) is 0 Å². The molecule has 1 heterocycles. The van der Waals surface area contributed by atoms with Gasteiger partial charge in [0.05, 0.1) is 0 Å². The summed E-state index contributed by atoms with van der Waals surface area (Å²) in [5, 5.41) is 0. The maximum atomic E-state index is 6.11. The number of allylic oxidation sites excluding steroid dienone is 2. The minimum absolute atomic E-state index is 0.399. The molecule has 0 saturated carbocycles. The number of anilines is 1. The van der Waals surface area contributed by atoms with E-state index in [1.165, 1.54) is 5.56 Å².